The predicted molar refractivity (Wildman–Crippen MR) is 92.5 cm³/mol. The van der Waals surface area contributed by atoms with Crippen LogP contribution in [0.5, 0.6) is 0 Å². The van der Waals surface area contributed by atoms with Crippen molar-refractivity contribution in [3.05, 3.63) is 66.6 Å². The number of esters is 1. The molecule has 0 aliphatic carbocycles. The van der Waals surface area contributed by atoms with Crippen molar-refractivity contribution in [2.75, 3.05) is 6.61 Å². The molecule has 0 aliphatic heterocycles. The first-order chi connectivity index (χ1) is 12.3. The molecule has 124 valence electrons. The van der Waals surface area contributed by atoms with Crippen LogP contribution in [0.2, 0.25) is 0 Å². The molecule has 2 aromatic heterocycles. The average Bonchev–Trinajstić information content (AvgIpc) is 3.31. The Morgan fingerprint density at radius 1 is 1.20 bits per heavy atom. The number of hydrogen-bond acceptors (Lipinski definition) is 5. The van der Waals surface area contributed by atoms with Crippen molar-refractivity contribution in [3.63, 3.8) is 0 Å². The van der Waals surface area contributed by atoms with E-state index in [2.05, 4.69) is 10.1 Å². The van der Waals surface area contributed by atoms with Crippen LogP contribution in [-0.2, 0) is 4.74 Å². The van der Waals surface area contributed by atoms with Crippen LogP contribution in [0, 0.1) is 0 Å². The van der Waals surface area contributed by atoms with Crippen LogP contribution in [0.1, 0.15) is 17.3 Å². The van der Waals surface area contributed by atoms with Crippen LogP contribution < -0.4 is 0 Å². The maximum Gasteiger partial charge on any atom is 0.338 e. The van der Waals surface area contributed by atoms with Crippen molar-refractivity contribution in [3.8, 4) is 17.0 Å². The summed E-state index contributed by atoms with van der Waals surface area (Å²) in [4.78, 5) is 16.4. The average molecular weight is 333 g/mol. The maximum atomic E-state index is 11.9. The summed E-state index contributed by atoms with van der Waals surface area (Å²) in [6.45, 7) is 2.14. The molecule has 0 aliphatic rings. The summed E-state index contributed by atoms with van der Waals surface area (Å²) in [7, 11) is 0. The number of rotatable bonds is 4. The Morgan fingerprint density at radius 2 is 2.12 bits per heavy atom. The van der Waals surface area contributed by atoms with Gasteiger partial charge in [-0.05, 0) is 43.3 Å². The monoisotopic (exact) mass is 333 g/mol. The van der Waals surface area contributed by atoms with Gasteiger partial charge in [-0.3, -0.25) is 4.57 Å². The molecule has 6 nitrogen and oxygen atoms in total. The van der Waals surface area contributed by atoms with Gasteiger partial charge in [0.2, 0.25) is 0 Å². The van der Waals surface area contributed by atoms with E-state index in [1.54, 1.807) is 37.6 Å². The summed E-state index contributed by atoms with van der Waals surface area (Å²) in [5, 5.41) is 3.73. The summed E-state index contributed by atoms with van der Waals surface area (Å²) >= 11 is 0. The zero-order valence-electron chi connectivity index (χ0n) is 13.5. The molecule has 0 spiro atoms. The van der Waals surface area contributed by atoms with Crippen LogP contribution in [-0.4, -0.2) is 27.3 Å². The zero-order valence-corrected chi connectivity index (χ0v) is 13.5. The normalized spacial score (nSPS) is 10.9. The summed E-state index contributed by atoms with van der Waals surface area (Å²) < 4.78 is 12.2. The van der Waals surface area contributed by atoms with Crippen molar-refractivity contribution in [1.82, 2.24) is 14.7 Å². The molecule has 0 saturated carbocycles. The lowest BCUT2D eigenvalue weighted by Gasteiger charge is -2.07. The molecule has 4 rings (SSSR count). The van der Waals surface area contributed by atoms with Crippen LogP contribution in [0.15, 0.2) is 65.6 Å². The molecule has 0 atom stereocenters. The van der Waals surface area contributed by atoms with Gasteiger partial charge < -0.3 is 9.26 Å². The number of carbonyl (C=O) groups is 1. The van der Waals surface area contributed by atoms with E-state index in [4.69, 9.17) is 9.26 Å². The molecule has 6 heteroatoms. The Bertz CT molecular complexity index is 1040. The number of benzene rings is 2. The van der Waals surface area contributed by atoms with E-state index >= 15 is 0 Å². The van der Waals surface area contributed by atoms with Gasteiger partial charge in [-0.25, -0.2) is 9.78 Å². The molecule has 0 bridgehead atoms. The van der Waals surface area contributed by atoms with Gasteiger partial charge in [0.25, 0.3) is 0 Å². The highest BCUT2D eigenvalue weighted by atomic mass is 16.5. The van der Waals surface area contributed by atoms with E-state index in [0.717, 1.165) is 22.3 Å². The van der Waals surface area contributed by atoms with Gasteiger partial charge in [-0.15, -0.1) is 0 Å². The third-order valence-corrected chi connectivity index (χ3v) is 3.91. The van der Waals surface area contributed by atoms with Crippen LogP contribution in [0.4, 0.5) is 0 Å². The first-order valence-electron chi connectivity index (χ1n) is 7.92. The molecule has 0 fully saturated rings. The highest BCUT2D eigenvalue weighted by Gasteiger charge is 2.11. The lowest BCUT2D eigenvalue weighted by atomic mass is 10.1. The second-order valence-corrected chi connectivity index (χ2v) is 5.47. The predicted octanol–water partition coefficient (Wildman–Crippen LogP) is 3.86. The molecule has 0 amide bonds. The third kappa shape index (κ3) is 2.78. The quantitative estimate of drug-likeness (QED) is 0.530. The van der Waals surface area contributed by atoms with Crippen LogP contribution >= 0.6 is 0 Å². The standard InChI is InChI=1S/C19H15N3O3/c1-2-24-19(23)14-4-3-5-15(10-14)22-12-20-16-11-13(6-7-17(16)22)18-8-9-21-25-18/h3-12H,2H2,1H3. The number of imidazole rings is 1. The van der Waals surface area contributed by atoms with E-state index < -0.39 is 0 Å². The van der Waals surface area contributed by atoms with Crippen molar-refractivity contribution in [2.45, 2.75) is 6.92 Å². The highest BCUT2D eigenvalue weighted by Crippen LogP contribution is 2.25. The van der Waals surface area contributed by atoms with Gasteiger partial charge in [-0.1, -0.05) is 11.2 Å². The molecule has 25 heavy (non-hydrogen) atoms. The van der Waals surface area contributed by atoms with Gasteiger partial charge >= 0.3 is 5.97 Å². The fourth-order valence-electron chi connectivity index (χ4n) is 2.73. The minimum absolute atomic E-state index is 0.332. The van der Waals surface area contributed by atoms with Crippen molar-refractivity contribution in [2.24, 2.45) is 0 Å². The van der Waals surface area contributed by atoms with E-state index in [-0.39, 0.29) is 5.97 Å². The van der Waals surface area contributed by atoms with Gasteiger partial charge in [0, 0.05) is 17.3 Å². The maximum absolute atomic E-state index is 11.9. The molecule has 0 radical (unpaired) electrons. The van der Waals surface area contributed by atoms with Gasteiger partial charge in [0.05, 0.1) is 29.4 Å². The lowest BCUT2D eigenvalue weighted by Crippen LogP contribution is -2.05. The number of ether oxygens (including phenoxy) is 1. The summed E-state index contributed by atoms with van der Waals surface area (Å²) in [6, 6.07) is 15.0. The number of nitrogens with zero attached hydrogens (tertiary/aromatic N) is 3. The highest BCUT2D eigenvalue weighted by molar-refractivity contribution is 5.90. The molecular weight excluding hydrogens is 318 g/mol. The van der Waals surface area contributed by atoms with Crippen molar-refractivity contribution < 1.29 is 14.1 Å². The second kappa shape index (κ2) is 6.24. The Morgan fingerprint density at radius 3 is 2.92 bits per heavy atom. The molecule has 2 aromatic carbocycles. The topological polar surface area (TPSA) is 70.2 Å². The third-order valence-electron chi connectivity index (χ3n) is 3.91. The summed E-state index contributed by atoms with van der Waals surface area (Å²) in [5.74, 6) is 0.363. The number of hydrogen-bond donors (Lipinski definition) is 0. The second-order valence-electron chi connectivity index (χ2n) is 5.47. The Hall–Kier alpha value is -3.41. The lowest BCUT2D eigenvalue weighted by molar-refractivity contribution is 0.0526. The minimum Gasteiger partial charge on any atom is -0.462 e. The van der Waals surface area contributed by atoms with Crippen LogP contribution in [0.3, 0.4) is 0 Å². The number of aromatic nitrogens is 3. The number of carbonyl (C=O) groups excluding carboxylic acids is 1. The largest absolute Gasteiger partial charge is 0.462 e. The molecule has 0 unspecified atom stereocenters. The SMILES string of the molecule is CCOC(=O)c1cccc(-n2cnc3cc(-c4ccno4)ccc32)c1. The van der Waals surface area contributed by atoms with Gasteiger partial charge in [0.15, 0.2) is 5.76 Å². The molecule has 0 N–H and O–H groups in total. The number of fused-ring (bicyclic) bond motifs is 1. The zero-order chi connectivity index (χ0) is 17.2. The fraction of sp³-hybridized carbons (Fsp3) is 0.105. The minimum atomic E-state index is -0.332. The first kappa shape index (κ1) is 15.1. The Labute approximate surface area is 143 Å². The van der Waals surface area contributed by atoms with Gasteiger partial charge in [0.1, 0.15) is 6.33 Å². The van der Waals surface area contributed by atoms with E-state index in [0.29, 0.717) is 17.9 Å². The van der Waals surface area contributed by atoms with Gasteiger partial charge in [-0.2, -0.15) is 0 Å². The molecule has 4 aromatic rings. The summed E-state index contributed by atoms with van der Waals surface area (Å²) in [6.07, 6.45) is 3.35. The summed E-state index contributed by atoms with van der Waals surface area (Å²) in [5.41, 5.74) is 4.04. The Kier molecular flexibility index (Phi) is 3.78. The van der Waals surface area contributed by atoms with Crippen molar-refractivity contribution in [1.29, 1.82) is 0 Å². The smallest absolute Gasteiger partial charge is 0.338 e. The van der Waals surface area contributed by atoms with Crippen molar-refractivity contribution >= 4 is 17.0 Å². The molecule has 0 saturated heterocycles. The van der Waals surface area contributed by atoms with E-state index in [1.807, 2.05) is 34.9 Å². The molecule has 2 heterocycles. The molecular formula is C19H15N3O3. The Balaban J connectivity index is 1.75. The van der Waals surface area contributed by atoms with Crippen LogP contribution in [0.25, 0.3) is 28.0 Å². The fourth-order valence-corrected chi connectivity index (χ4v) is 2.73. The van der Waals surface area contributed by atoms with E-state index in [1.165, 1.54) is 0 Å². The first-order valence-corrected chi connectivity index (χ1v) is 7.92. The van der Waals surface area contributed by atoms with E-state index in [9.17, 15) is 4.79 Å².